The smallest absolute Gasteiger partial charge is 0.257 e. The fraction of sp³-hybridized carbons (Fsp3) is 0.227. The molecule has 0 radical (unpaired) electrons. The van der Waals surface area contributed by atoms with Gasteiger partial charge in [0.05, 0.1) is 23.9 Å². The Bertz CT molecular complexity index is 1070. The molecule has 0 unspecified atom stereocenters. The highest BCUT2D eigenvalue weighted by molar-refractivity contribution is 6.07. The molecule has 4 rings (SSSR count). The van der Waals surface area contributed by atoms with Crippen molar-refractivity contribution in [3.63, 3.8) is 0 Å². The molecule has 1 aliphatic carbocycles. The lowest BCUT2D eigenvalue weighted by atomic mass is 10.1. The minimum absolute atomic E-state index is 0.0356. The topological polar surface area (TPSA) is 80.3 Å². The van der Waals surface area contributed by atoms with E-state index < -0.39 is 0 Å². The highest BCUT2D eigenvalue weighted by Crippen LogP contribution is 2.30. The second-order valence-electron chi connectivity index (χ2n) is 6.98. The van der Waals surface area contributed by atoms with E-state index in [9.17, 15) is 9.59 Å². The lowest BCUT2D eigenvalue weighted by molar-refractivity contribution is -0.117. The average Bonchev–Trinajstić information content (AvgIpc) is 3.52. The summed E-state index contributed by atoms with van der Waals surface area (Å²) in [4.78, 5) is 29.3. The Morgan fingerprint density at radius 2 is 1.79 bits per heavy atom. The minimum atomic E-state index is -0.242. The van der Waals surface area contributed by atoms with Gasteiger partial charge in [0.25, 0.3) is 5.91 Å². The molecular formula is C22H21N3O3. The van der Waals surface area contributed by atoms with Crippen LogP contribution in [0.3, 0.4) is 0 Å². The van der Waals surface area contributed by atoms with Crippen LogP contribution in [0.2, 0.25) is 0 Å². The Morgan fingerprint density at radius 1 is 1.04 bits per heavy atom. The summed E-state index contributed by atoms with van der Waals surface area (Å²) in [5.74, 6) is 0.645. The summed E-state index contributed by atoms with van der Waals surface area (Å²) in [5.41, 5.74) is 3.21. The maximum absolute atomic E-state index is 12.8. The van der Waals surface area contributed by atoms with Crippen molar-refractivity contribution < 1.29 is 14.3 Å². The largest absolute Gasteiger partial charge is 0.497 e. The number of ether oxygens (including phenoxy) is 1. The van der Waals surface area contributed by atoms with Gasteiger partial charge in [-0.2, -0.15) is 0 Å². The van der Waals surface area contributed by atoms with Crippen LogP contribution in [0.4, 0.5) is 11.4 Å². The third kappa shape index (κ3) is 3.81. The van der Waals surface area contributed by atoms with E-state index in [-0.39, 0.29) is 17.7 Å². The zero-order chi connectivity index (χ0) is 19.7. The molecule has 0 spiro atoms. The minimum Gasteiger partial charge on any atom is -0.497 e. The SMILES string of the molecule is COc1ccc2cc(C(=O)Nc3cccc(NC(=O)C4CC4)c3)c(C)nc2c1. The first kappa shape index (κ1) is 18.0. The number of hydrogen-bond acceptors (Lipinski definition) is 4. The number of carbonyl (C=O) groups is 2. The molecule has 1 fully saturated rings. The van der Waals surface area contributed by atoms with Gasteiger partial charge in [-0.25, -0.2) is 0 Å². The van der Waals surface area contributed by atoms with Gasteiger partial charge in [-0.3, -0.25) is 14.6 Å². The number of amides is 2. The van der Waals surface area contributed by atoms with E-state index in [1.54, 1.807) is 32.2 Å². The van der Waals surface area contributed by atoms with Gasteiger partial charge in [-0.05, 0) is 56.2 Å². The van der Waals surface area contributed by atoms with Crippen molar-refractivity contribution in [2.24, 2.45) is 5.92 Å². The number of rotatable bonds is 5. The summed E-state index contributed by atoms with van der Waals surface area (Å²) in [6.45, 7) is 1.81. The molecule has 0 saturated heterocycles. The number of carbonyl (C=O) groups excluding carboxylic acids is 2. The van der Waals surface area contributed by atoms with Crippen LogP contribution in [0.5, 0.6) is 5.75 Å². The molecular weight excluding hydrogens is 354 g/mol. The Morgan fingerprint density at radius 3 is 2.50 bits per heavy atom. The molecule has 2 amide bonds. The van der Waals surface area contributed by atoms with Crippen molar-refractivity contribution in [3.05, 3.63) is 59.8 Å². The molecule has 0 aliphatic heterocycles. The lowest BCUT2D eigenvalue weighted by Gasteiger charge is -2.11. The number of nitrogens with one attached hydrogen (secondary N) is 2. The van der Waals surface area contributed by atoms with Crippen LogP contribution < -0.4 is 15.4 Å². The van der Waals surface area contributed by atoms with Crippen molar-refractivity contribution in [3.8, 4) is 5.75 Å². The molecule has 1 heterocycles. The van der Waals surface area contributed by atoms with Crippen molar-refractivity contribution in [1.29, 1.82) is 0 Å². The van der Waals surface area contributed by atoms with Crippen LogP contribution in [0.1, 0.15) is 28.9 Å². The molecule has 2 N–H and O–H groups in total. The Kier molecular flexibility index (Phi) is 4.69. The van der Waals surface area contributed by atoms with Gasteiger partial charge in [-0.1, -0.05) is 6.07 Å². The summed E-state index contributed by atoms with van der Waals surface area (Å²) in [6.07, 6.45) is 1.89. The highest BCUT2D eigenvalue weighted by Gasteiger charge is 2.29. The Hall–Kier alpha value is -3.41. The molecule has 0 bridgehead atoms. The van der Waals surface area contributed by atoms with Gasteiger partial charge in [0.1, 0.15) is 5.75 Å². The molecule has 28 heavy (non-hydrogen) atoms. The van der Waals surface area contributed by atoms with Crippen molar-refractivity contribution in [2.45, 2.75) is 19.8 Å². The van der Waals surface area contributed by atoms with E-state index in [4.69, 9.17) is 4.74 Å². The number of aryl methyl sites for hydroxylation is 1. The predicted molar refractivity (Wildman–Crippen MR) is 109 cm³/mol. The number of benzene rings is 2. The highest BCUT2D eigenvalue weighted by atomic mass is 16.5. The van der Waals surface area contributed by atoms with Crippen LogP contribution in [0.15, 0.2) is 48.5 Å². The van der Waals surface area contributed by atoms with Gasteiger partial charge >= 0.3 is 0 Å². The van der Waals surface area contributed by atoms with E-state index in [0.717, 1.165) is 29.5 Å². The summed E-state index contributed by atoms with van der Waals surface area (Å²) in [7, 11) is 1.61. The van der Waals surface area contributed by atoms with Crippen LogP contribution >= 0.6 is 0 Å². The average molecular weight is 375 g/mol. The van der Waals surface area contributed by atoms with Crippen LogP contribution in [-0.4, -0.2) is 23.9 Å². The zero-order valence-corrected chi connectivity index (χ0v) is 15.8. The second-order valence-corrected chi connectivity index (χ2v) is 6.98. The van der Waals surface area contributed by atoms with Crippen LogP contribution in [-0.2, 0) is 4.79 Å². The number of aromatic nitrogens is 1. The standard InChI is InChI=1S/C22H21N3O3/c1-13-19(10-15-8-9-18(28-2)12-20(15)23-13)22(27)25-17-5-3-4-16(11-17)24-21(26)14-6-7-14/h3-5,8-12,14H,6-7H2,1-2H3,(H,24,26)(H,25,27). The molecule has 1 aliphatic rings. The molecule has 1 aromatic heterocycles. The van der Waals surface area contributed by atoms with Crippen LogP contribution in [0, 0.1) is 12.8 Å². The van der Waals surface area contributed by atoms with E-state index in [2.05, 4.69) is 15.6 Å². The van der Waals surface area contributed by atoms with Crippen molar-refractivity contribution in [1.82, 2.24) is 4.98 Å². The molecule has 6 nitrogen and oxygen atoms in total. The zero-order valence-electron chi connectivity index (χ0n) is 15.8. The van der Waals surface area contributed by atoms with Crippen molar-refractivity contribution in [2.75, 3.05) is 17.7 Å². The fourth-order valence-electron chi connectivity index (χ4n) is 3.06. The van der Waals surface area contributed by atoms with E-state index >= 15 is 0 Å². The quantitative estimate of drug-likeness (QED) is 0.702. The first-order chi connectivity index (χ1) is 13.5. The summed E-state index contributed by atoms with van der Waals surface area (Å²) >= 11 is 0. The van der Waals surface area contributed by atoms with E-state index in [1.165, 1.54) is 0 Å². The summed E-state index contributed by atoms with van der Waals surface area (Å²) in [5, 5.41) is 6.64. The Balaban J connectivity index is 1.54. The fourth-order valence-corrected chi connectivity index (χ4v) is 3.06. The van der Waals surface area contributed by atoms with Crippen LogP contribution in [0.25, 0.3) is 10.9 Å². The van der Waals surface area contributed by atoms with Crippen molar-refractivity contribution >= 4 is 34.1 Å². The molecule has 142 valence electrons. The van der Waals surface area contributed by atoms with Gasteiger partial charge in [0, 0.05) is 28.7 Å². The lowest BCUT2D eigenvalue weighted by Crippen LogP contribution is -2.15. The first-order valence-electron chi connectivity index (χ1n) is 9.21. The molecule has 6 heteroatoms. The maximum Gasteiger partial charge on any atom is 0.257 e. The molecule has 2 aromatic carbocycles. The summed E-state index contributed by atoms with van der Waals surface area (Å²) in [6, 6.07) is 14.5. The number of anilines is 2. The second kappa shape index (κ2) is 7.31. The maximum atomic E-state index is 12.8. The van der Waals surface area contributed by atoms with Gasteiger partial charge in [0.15, 0.2) is 0 Å². The molecule has 1 saturated carbocycles. The number of pyridine rings is 1. The van der Waals surface area contributed by atoms with Gasteiger partial charge < -0.3 is 15.4 Å². The number of methoxy groups -OCH3 is 1. The van der Waals surface area contributed by atoms with E-state index in [1.807, 2.05) is 30.3 Å². The third-order valence-corrected chi connectivity index (χ3v) is 4.80. The normalized spacial score (nSPS) is 13.2. The summed E-state index contributed by atoms with van der Waals surface area (Å²) < 4.78 is 5.23. The monoisotopic (exact) mass is 375 g/mol. The van der Waals surface area contributed by atoms with E-state index in [0.29, 0.717) is 22.6 Å². The van der Waals surface area contributed by atoms with Gasteiger partial charge in [0.2, 0.25) is 5.91 Å². The van der Waals surface area contributed by atoms with Gasteiger partial charge in [-0.15, -0.1) is 0 Å². The number of hydrogen-bond donors (Lipinski definition) is 2. The third-order valence-electron chi connectivity index (χ3n) is 4.80. The number of fused-ring (bicyclic) bond motifs is 1. The predicted octanol–water partition coefficient (Wildman–Crippen LogP) is 4.15. The first-order valence-corrected chi connectivity index (χ1v) is 9.21. The Labute approximate surface area is 162 Å². The molecule has 3 aromatic rings. The molecule has 0 atom stereocenters. The number of nitrogens with zero attached hydrogens (tertiary/aromatic N) is 1.